The van der Waals surface area contributed by atoms with Crippen molar-refractivity contribution in [1.82, 2.24) is 10.2 Å². The zero-order valence-electron chi connectivity index (χ0n) is 9.80. The van der Waals surface area contributed by atoms with Gasteiger partial charge in [0.2, 0.25) is 0 Å². The highest BCUT2D eigenvalue weighted by molar-refractivity contribution is 5.88. The van der Waals surface area contributed by atoms with E-state index in [9.17, 15) is 4.79 Å². The highest BCUT2D eigenvalue weighted by Gasteiger charge is 2.11. The number of nitrogens with one attached hydrogen (secondary N) is 1. The summed E-state index contributed by atoms with van der Waals surface area (Å²) in [7, 11) is 0. The van der Waals surface area contributed by atoms with Gasteiger partial charge in [0.05, 0.1) is 23.9 Å². The fourth-order valence-electron chi connectivity index (χ4n) is 1.50. The van der Waals surface area contributed by atoms with Crippen LogP contribution in [0.2, 0.25) is 0 Å². The number of nitriles is 1. The fourth-order valence-corrected chi connectivity index (χ4v) is 1.50. The van der Waals surface area contributed by atoms with Crippen LogP contribution in [0.15, 0.2) is 30.3 Å². The first-order chi connectivity index (χ1) is 8.74. The molecule has 0 amide bonds. The van der Waals surface area contributed by atoms with Crippen molar-refractivity contribution in [2.75, 3.05) is 6.61 Å². The molecular formula is C13H11N3O2. The van der Waals surface area contributed by atoms with Gasteiger partial charge < -0.3 is 4.74 Å². The van der Waals surface area contributed by atoms with Gasteiger partial charge in [-0.25, -0.2) is 4.79 Å². The van der Waals surface area contributed by atoms with Gasteiger partial charge in [-0.05, 0) is 25.1 Å². The zero-order chi connectivity index (χ0) is 13.0. The molecule has 1 N–H and O–H groups in total. The Morgan fingerprint density at radius 2 is 2.17 bits per heavy atom. The third kappa shape index (κ3) is 2.38. The molecule has 5 heteroatoms. The number of hydrogen-bond acceptors (Lipinski definition) is 4. The third-order valence-electron chi connectivity index (χ3n) is 2.38. The van der Waals surface area contributed by atoms with E-state index in [0.29, 0.717) is 23.6 Å². The summed E-state index contributed by atoms with van der Waals surface area (Å²) < 4.78 is 4.86. The normalized spacial score (nSPS) is 9.78. The highest BCUT2D eigenvalue weighted by Crippen LogP contribution is 2.18. The number of carbonyl (C=O) groups is 1. The average Bonchev–Trinajstić information content (AvgIpc) is 2.89. The molecule has 5 nitrogen and oxygen atoms in total. The van der Waals surface area contributed by atoms with Crippen LogP contribution in [0.5, 0.6) is 0 Å². The van der Waals surface area contributed by atoms with Gasteiger partial charge in [0, 0.05) is 5.56 Å². The van der Waals surface area contributed by atoms with Crippen molar-refractivity contribution < 1.29 is 9.53 Å². The molecule has 0 saturated heterocycles. The lowest BCUT2D eigenvalue weighted by atomic mass is 10.1. The minimum atomic E-state index is -0.426. The van der Waals surface area contributed by atoms with Gasteiger partial charge in [-0.2, -0.15) is 10.4 Å². The van der Waals surface area contributed by atoms with Gasteiger partial charge in [-0.15, -0.1) is 0 Å². The Labute approximate surface area is 104 Å². The van der Waals surface area contributed by atoms with Gasteiger partial charge in [-0.3, -0.25) is 5.10 Å². The molecule has 0 atom stereocenters. The maximum atomic E-state index is 11.5. The number of aromatic amines is 1. The Morgan fingerprint density at radius 1 is 1.44 bits per heavy atom. The smallest absolute Gasteiger partial charge is 0.356 e. The van der Waals surface area contributed by atoms with Crippen molar-refractivity contribution in [2.24, 2.45) is 0 Å². The predicted octanol–water partition coefficient (Wildman–Crippen LogP) is 2.13. The van der Waals surface area contributed by atoms with Crippen LogP contribution in [0.1, 0.15) is 23.0 Å². The topological polar surface area (TPSA) is 78.8 Å². The minimum absolute atomic E-state index is 0.316. The molecule has 90 valence electrons. The molecule has 0 aliphatic heterocycles. The Balaban J connectivity index is 2.24. The number of carbonyl (C=O) groups excluding carboxylic acids is 1. The van der Waals surface area contributed by atoms with E-state index >= 15 is 0 Å². The quantitative estimate of drug-likeness (QED) is 0.835. The number of nitrogens with zero attached hydrogens (tertiary/aromatic N) is 2. The van der Waals surface area contributed by atoms with Gasteiger partial charge in [0.25, 0.3) is 0 Å². The van der Waals surface area contributed by atoms with E-state index in [4.69, 9.17) is 10.00 Å². The van der Waals surface area contributed by atoms with E-state index in [1.165, 1.54) is 0 Å². The lowest BCUT2D eigenvalue weighted by molar-refractivity contribution is 0.0519. The van der Waals surface area contributed by atoms with Crippen LogP contribution in [0, 0.1) is 11.3 Å². The van der Waals surface area contributed by atoms with Crippen LogP contribution in [0.25, 0.3) is 11.3 Å². The van der Waals surface area contributed by atoms with E-state index in [1.54, 1.807) is 37.3 Å². The van der Waals surface area contributed by atoms with E-state index in [0.717, 1.165) is 5.56 Å². The second-order valence-corrected chi connectivity index (χ2v) is 3.58. The van der Waals surface area contributed by atoms with Gasteiger partial charge in [0.15, 0.2) is 0 Å². The molecule has 1 aromatic heterocycles. The molecule has 0 unspecified atom stereocenters. The van der Waals surface area contributed by atoms with Crippen LogP contribution in [0.3, 0.4) is 0 Å². The van der Waals surface area contributed by atoms with Crippen molar-refractivity contribution in [2.45, 2.75) is 6.92 Å². The second-order valence-electron chi connectivity index (χ2n) is 3.58. The van der Waals surface area contributed by atoms with Gasteiger partial charge in [-0.1, -0.05) is 12.1 Å². The lowest BCUT2D eigenvalue weighted by Crippen LogP contribution is -2.04. The van der Waals surface area contributed by atoms with Gasteiger partial charge >= 0.3 is 5.97 Å². The summed E-state index contributed by atoms with van der Waals surface area (Å²) in [6, 6.07) is 10.6. The summed E-state index contributed by atoms with van der Waals surface area (Å²) in [5.41, 5.74) is 2.37. The zero-order valence-corrected chi connectivity index (χ0v) is 9.80. The number of ether oxygens (including phenoxy) is 1. The van der Waals surface area contributed by atoms with Crippen molar-refractivity contribution in [3.63, 3.8) is 0 Å². The largest absolute Gasteiger partial charge is 0.461 e. The van der Waals surface area contributed by atoms with Crippen LogP contribution >= 0.6 is 0 Å². The Bertz CT molecular complexity index is 593. The molecule has 0 aliphatic rings. The summed E-state index contributed by atoms with van der Waals surface area (Å²) in [6.07, 6.45) is 0. The van der Waals surface area contributed by atoms with Crippen LogP contribution in [-0.4, -0.2) is 22.8 Å². The highest BCUT2D eigenvalue weighted by atomic mass is 16.5. The maximum absolute atomic E-state index is 11.5. The van der Waals surface area contributed by atoms with Crippen molar-refractivity contribution >= 4 is 5.97 Å². The molecular weight excluding hydrogens is 230 g/mol. The number of aromatic nitrogens is 2. The van der Waals surface area contributed by atoms with E-state index in [1.807, 2.05) is 6.07 Å². The summed E-state index contributed by atoms with van der Waals surface area (Å²) >= 11 is 0. The third-order valence-corrected chi connectivity index (χ3v) is 2.38. The molecule has 2 aromatic rings. The van der Waals surface area contributed by atoms with E-state index in [2.05, 4.69) is 10.2 Å². The number of rotatable bonds is 3. The minimum Gasteiger partial charge on any atom is -0.461 e. The molecule has 0 bridgehead atoms. The SMILES string of the molecule is CCOC(=O)c1cc(-c2ccc(C#N)cc2)n[nH]1. The predicted molar refractivity (Wildman–Crippen MR) is 64.7 cm³/mol. The van der Waals surface area contributed by atoms with Crippen molar-refractivity contribution in [3.05, 3.63) is 41.6 Å². The van der Waals surface area contributed by atoms with E-state index in [-0.39, 0.29) is 0 Å². The number of hydrogen-bond donors (Lipinski definition) is 1. The molecule has 0 spiro atoms. The van der Waals surface area contributed by atoms with Crippen LogP contribution in [-0.2, 0) is 4.74 Å². The molecule has 0 aliphatic carbocycles. The Morgan fingerprint density at radius 3 is 2.78 bits per heavy atom. The molecule has 1 heterocycles. The molecule has 1 aromatic carbocycles. The summed E-state index contributed by atoms with van der Waals surface area (Å²) in [5.74, 6) is -0.426. The van der Waals surface area contributed by atoms with Crippen molar-refractivity contribution in [1.29, 1.82) is 5.26 Å². The monoisotopic (exact) mass is 241 g/mol. The first-order valence-electron chi connectivity index (χ1n) is 5.47. The molecule has 18 heavy (non-hydrogen) atoms. The first-order valence-corrected chi connectivity index (χ1v) is 5.47. The Hall–Kier alpha value is -2.61. The number of H-pyrrole nitrogens is 1. The average molecular weight is 241 g/mol. The lowest BCUT2D eigenvalue weighted by Gasteiger charge is -1.96. The molecule has 2 rings (SSSR count). The molecule has 0 saturated carbocycles. The fraction of sp³-hybridized carbons (Fsp3) is 0.154. The van der Waals surface area contributed by atoms with Crippen LogP contribution < -0.4 is 0 Å². The van der Waals surface area contributed by atoms with Crippen molar-refractivity contribution in [3.8, 4) is 17.3 Å². The first kappa shape index (κ1) is 11.9. The molecule has 0 fully saturated rings. The number of esters is 1. The van der Waals surface area contributed by atoms with Crippen LogP contribution in [0.4, 0.5) is 0 Å². The summed E-state index contributed by atoms with van der Waals surface area (Å²) in [6.45, 7) is 2.07. The summed E-state index contributed by atoms with van der Waals surface area (Å²) in [5, 5.41) is 15.4. The second kappa shape index (κ2) is 5.15. The number of benzene rings is 1. The van der Waals surface area contributed by atoms with E-state index < -0.39 is 5.97 Å². The summed E-state index contributed by atoms with van der Waals surface area (Å²) in [4.78, 5) is 11.5. The standard InChI is InChI=1S/C13H11N3O2/c1-2-18-13(17)12-7-11(15-16-12)10-5-3-9(8-14)4-6-10/h3-7H,2H2,1H3,(H,15,16). The maximum Gasteiger partial charge on any atom is 0.356 e. The molecule has 0 radical (unpaired) electrons. The Kier molecular flexibility index (Phi) is 3.39. The van der Waals surface area contributed by atoms with Gasteiger partial charge in [0.1, 0.15) is 5.69 Å².